The Hall–Kier alpha value is -4.89. The van der Waals surface area contributed by atoms with Gasteiger partial charge in [-0.1, -0.05) is 18.2 Å². The molecule has 0 saturated carbocycles. The Kier molecular flexibility index (Phi) is 11.9. The van der Waals surface area contributed by atoms with Crippen LogP contribution in [0.25, 0.3) is 17.0 Å². The van der Waals surface area contributed by atoms with Crippen LogP contribution in [0.15, 0.2) is 79.0 Å². The number of hydrogen-bond donors (Lipinski definition) is 1. The van der Waals surface area contributed by atoms with Crippen LogP contribution >= 0.6 is 12.4 Å². The normalized spacial score (nSPS) is 16.1. The molecule has 1 aromatic heterocycles. The van der Waals surface area contributed by atoms with E-state index in [1.807, 2.05) is 43.3 Å². The van der Waals surface area contributed by atoms with E-state index in [2.05, 4.69) is 4.98 Å². The molecule has 1 N–H and O–H groups in total. The van der Waals surface area contributed by atoms with E-state index in [-0.39, 0.29) is 43.8 Å². The van der Waals surface area contributed by atoms with Crippen LogP contribution in [-0.2, 0) is 17.1 Å². The Labute approximate surface area is 295 Å². The summed E-state index contributed by atoms with van der Waals surface area (Å²) in [6.07, 6.45) is -5.33. The molecule has 1 aliphatic heterocycles. The highest BCUT2D eigenvalue weighted by molar-refractivity contribution is 5.96. The molecule has 0 bridgehead atoms. The van der Waals surface area contributed by atoms with Gasteiger partial charge in [-0.15, -0.1) is 12.4 Å². The second-order valence-corrected chi connectivity index (χ2v) is 12.3. The second kappa shape index (κ2) is 15.6. The molecule has 1 aliphatic rings. The molecule has 1 fully saturated rings. The number of hydrogen-bond acceptors (Lipinski definition) is 5. The van der Waals surface area contributed by atoms with E-state index in [0.29, 0.717) is 30.7 Å². The van der Waals surface area contributed by atoms with Gasteiger partial charge >= 0.3 is 12.4 Å². The third-order valence-corrected chi connectivity index (χ3v) is 8.72. The Balaban J connectivity index is 0.00000583. The number of aromatic nitrogens is 1. The van der Waals surface area contributed by atoms with E-state index in [4.69, 9.17) is 0 Å². The minimum absolute atomic E-state index is 0. The Morgan fingerprint density at radius 2 is 1.61 bits per heavy atom. The number of amides is 2. The molecular weight excluding hydrogens is 704 g/mol. The lowest BCUT2D eigenvalue weighted by molar-refractivity contribution is -0.384. The van der Waals surface area contributed by atoms with Gasteiger partial charge in [0.05, 0.1) is 22.1 Å². The van der Waals surface area contributed by atoms with Crippen molar-refractivity contribution >= 4 is 46.9 Å². The first-order valence-corrected chi connectivity index (χ1v) is 15.6. The highest BCUT2D eigenvalue weighted by atomic mass is 35.5. The first kappa shape index (κ1) is 38.9. The first-order valence-electron chi connectivity index (χ1n) is 15.6. The topological polar surface area (TPSA) is 103 Å². The maximum absolute atomic E-state index is 14.1. The zero-order valence-corrected chi connectivity index (χ0v) is 28.2. The summed E-state index contributed by atoms with van der Waals surface area (Å²) in [5.41, 5.74) is -2.00. The molecule has 0 radical (unpaired) electrons. The predicted molar refractivity (Wildman–Crippen MR) is 181 cm³/mol. The van der Waals surface area contributed by atoms with Crippen LogP contribution < -0.4 is 0 Å². The van der Waals surface area contributed by atoms with Gasteiger partial charge in [-0.3, -0.25) is 19.7 Å². The van der Waals surface area contributed by atoms with Gasteiger partial charge in [0.2, 0.25) is 5.91 Å². The van der Waals surface area contributed by atoms with E-state index in [0.717, 1.165) is 16.5 Å². The summed E-state index contributed by atoms with van der Waals surface area (Å²) < 4.78 is 82.6. The van der Waals surface area contributed by atoms with Crippen LogP contribution in [-0.4, -0.2) is 82.7 Å². The number of para-hydroxylation sites is 1. The highest BCUT2D eigenvalue weighted by Gasteiger charge is 2.41. The molecular formula is C35H34ClF6N5O4. The van der Waals surface area contributed by atoms with Crippen LogP contribution in [0.3, 0.4) is 0 Å². The van der Waals surface area contributed by atoms with Crippen LogP contribution in [0.2, 0.25) is 0 Å². The fraction of sp³-hybridized carbons (Fsp3) is 0.314. The number of nitrogens with one attached hydrogen (secondary N) is 1. The number of carbonyl (C=O) groups is 2. The molecule has 1 unspecified atom stereocenters. The standard InChI is InChI=1S/C35H33F6N5O4.ClH/c1-43(2)14-13-28(29-20-42-30-6-4-3-5-27(29)30)31-21-44(32(47)12-9-22-7-10-26(11-8-22)46(49)50)15-16-45(31)33(48)23-17-24(34(36,37)38)19-25(18-23)35(39,40)41;/h3-12,17-20,28,31,42H,13-16,21H2,1-2H3;1H/b12-9+;/t28?,31-;/m0./s1. The van der Waals surface area contributed by atoms with Crippen LogP contribution in [0.1, 0.15) is 45.0 Å². The Morgan fingerprint density at radius 1 is 0.980 bits per heavy atom. The quantitative estimate of drug-likeness (QED) is 0.0824. The summed E-state index contributed by atoms with van der Waals surface area (Å²) in [7, 11) is 3.69. The van der Waals surface area contributed by atoms with E-state index in [9.17, 15) is 46.0 Å². The van der Waals surface area contributed by atoms with E-state index in [1.165, 1.54) is 46.2 Å². The molecule has 2 heterocycles. The lowest BCUT2D eigenvalue weighted by Gasteiger charge is -2.45. The van der Waals surface area contributed by atoms with Gasteiger partial charge in [0.1, 0.15) is 0 Å². The molecule has 0 aliphatic carbocycles. The fourth-order valence-corrected chi connectivity index (χ4v) is 6.18. The number of piperazine rings is 1. The molecule has 0 spiro atoms. The van der Waals surface area contributed by atoms with Gasteiger partial charge < -0.3 is 19.7 Å². The van der Waals surface area contributed by atoms with Crippen molar-refractivity contribution in [3.05, 3.63) is 117 Å². The van der Waals surface area contributed by atoms with Crippen molar-refractivity contribution in [2.24, 2.45) is 0 Å². The summed E-state index contributed by atoms with van der Waals surface area (Å²) in [4.78, 5) is 45.9. The van der Waals surface area contributed by atoms with Gasteiger partial charge in [-0.05, 0) is 80.7 Å². The number of rotatable bonds is 9. The number of alkyl halides is 6. The number of benzene rings is 3. The maximum atomic E-state index is 14.1. The lowest BCUT2D eigenvalue weighted by atomic mass is 9.85. The highest BCUT2D eigenvalue weighted by Crippen LogP contribution is 2.39. The summed E-state index contributed by atoms with van der Waals surface area (Å²) >= 11 is 0. The minimum Gasteiger partial charge on any atom is -0.361 e. The first-order chi connectivity index (χ1) is 23.5. The number of non-ortho nitro benzene ring substituents is 1. The summed E-state index contributed by atoms with van der Waals surface area (Å²) in [6, 6.07) is 12.9. The van der Waals surface area contributed by atoms with Crippen LogP contribution in [0.5, 0.6) is 0 Å². The molecule has 5 rings (SSSR count). The van der Waals surface area contributed by atoms with Gasteiger partial charge in [0, 0.05) is 66.4 Å². The average Bonchev–Trinajstić information content (AvgIpc) is 3.50. The second-order valence-electron chi connectivity index (χ2n) is 12.3. The number of halogens is 7. The molecule has 272 valence electrons. The number of carbonyl (C=O) groups excluding carboxylic acids is 2. The van der Waals surface area contributed by atoms with Crippen molar-refractivity contribution in [1.29, 1.82) is 0 Å². The maximum Gasteiger partial charge on any atom is 0.416 e. The zero-order chi connectivity index (χ0) is 36.4. The largest absolute Gasteiger partial charge is 0.416 e. The van der Waals surface area contributed by atoms with Crippen molar-refractivity contribution in [3.8, 4) is 0 Å². The number of fused-ring (bicyclic) bond motifs is 1. The molecule has 9 nitrogen and oxygen atoms in total. The monoisotopic (exact) mass is 737 g/mol. The van der Waals surface area contributed by atoms with Crippen molar-refractivity contribution in [2.75, 3.05) is 40.3 Å². The summed E-state index contributed by atoms with van der Waals surface area (Å²) in [5, 5.41) is 11.8. The SMILES string of the molecule is CN(C)CCC(c1c[nH]c2ccccc12)[C@@H]1CN(C(=O)/C=C/c2ccc([N+](=O)[O-])cc2)CCN1C(=O)c1cc(C(F)(F)F)cc(C(F)(F)F)c1.Cl. The number of nitro benzene ring substituents is 1. The predicted octanol–water partition coefficient (Wildman–Crippen LogP) is 7.64. The number of aromatic amines is 1. The van der Waals surface area contributed by atoms with Gasteiger partial charge in [0.25, 0.3) is 11.6 Å². The summed E-state index contributed by atoms with van der Waals surface area (Å²) in [6.45, 7) is 0.223. The van der Waals surface area contributed by atoms with Crippen LogP contribution in [0.4, 0.5) is 32.0 Å². The molecule has 3 aromatic carbocycles. The summed E-state index contributed by atoms with van der Waals surface area (Å²) in [5.74, 6) is -1.97. The van der Waals surface area contributed by atoms with Gasteiger partial charge in [-0.25, -0.2) is 0 Å². The molecule has 2 amide bonds. The smallest absolute Gasteiger partial charge is 0.361 e. The molecule has 2 atom stereocenters. The zero-order valence-electron chi connectivity index (χ0n) is 27.4. The third kappa shape index (κ3) is 9.08. The van der Waals surface area contributed by atoms with Crippen LogP contribution in [0, 0.1) is 10.1 Å². The fourth-order valence-electron chi connectivity index (χ4n) is 6.18. The number of H-pyrrole nitrogens is 1. The molecule has 51 heavy (non-hydrogen) atoms. The molecule has 16 heteroatoms. The molecule has 4 aromatic rings. The van der Waals surface area contributed by atoms with Gasteiger partial charge in [-0.2, -0.15) is 26.3 Å². The Morgan fingerprint density at radius 3 is 2.20 bits per heavy atom. The number of nitrogens with zero attached hydrogens (tertiary/aromatic N) is 4. The van der Waals surface area contributed by atoms with Crippen molar-refractivity contribution in [2.45, 2.75) is 30.7 Å². The molecule has 1 saturated heterocycles. The average molecular weight is 738 g/mol. The van der Waals surface area contributed by atoms with Crippen molar-refractivity contribution in [1.82, 2.24) is 19.7 Å². The third-order valence-electron chi connectivity index (χ3n) is 8.72. The van der Waals surface area contributed by atoms with E-state index in [1.54, 1.807) is 6.20 Å². The van der Waals surface area contributed by atoms with Crippen molar-refractivity contribution < 1.29 is 40.9 Å². The van der Waals surface area contributed by atoms with E-state index < -0.39 is 57.7 Å². The van der Waals surface area contributed by atoms with Crippen molar-refractivity contribution in [3.63, 3.8) is 0 Å². The van der Waals surface area contributed by atoms with Gasteiger partial charge in [0.15, 0.2) is 0 Å². The lowest BCUT2D eigenvalue weighted by Crippen LogP contribution is -2.58. The minimum atomic E-state index is -5.14. The Bertz CT molecular complexity index is 1880. The van der Waals surface area contributed by atoms with E-state index >= 15 is 0 Å². The number of nitro groups is 1.